The van der Waals surface area contributed by atoms with E-state index in [0.29, 0.717) is 12.5 Å². The van der Waals surface area contributed by atoms with Crippen LogP contribution >= 0.6 is 0 Å². The monoisotopic (exact) mass is 226 g/mol. The predicted molar refractivity (Wildman–Crippen MR) is 62.2 cm³/mol. The number of rotatable bonds is 0. The number of aliphatic hydroxyl groups is 1. The predicted octanol–water partition coefficient (Wildman–Crippen LogP) is 1.29. The zero-order valence-corrected chi connectivity index (χ0v) is 10.1. The molecule has 0 aromatic heterocycles. The van der Waals surface area contributed by atoms with Crippen molar-refractivity contribution >= 4 is 6.03 Å². The summed E-state index contributed by atoms with van der Waals surface area (Å²) in [6.45, 7) is 5.29. The number of hydrogen-bond acceptors (Lipinski definition) is 2. The molecule has 2 rings (SSSR count). The third kappa shape index (κ3) is 2.67. The Bertz CT molecular complexity index is 233. The summed E-state index contributed by atoms with van der Waals surface area (Å²) in [6.07, 6.45) is 3.78. The Morgan fingerprint density at radius 3 is 2.38 bits per heavy atom. The lowest BCUT2D eigenvalue weighted by Gasteiger charge is -2.38. The van der Waals surface area contributed by atoms with Crippen LogP contribution in [-0.2, 0) is 0 Å². The van der Waals surface area contributed by atoms with Gasteiger partial charge in [0.25, 0.3) is 0 Å². The van der Waals surface area contributed by atoms with Crippen LogP contribution in [0.2, 0.25) is 0 Å². The molecule has 1 unspecified atom stereocenters. The molecule has 0 saturated carbocycles. The van der Waals surface area contributed by atoms with Crippen molar-refractivity contribution in [3.8, 4) is 0 Å². The fraction of sp³-hybridized carbons (Fsp3) is 0.917. The molecule has 16 heavy (non-hydrogen) atoms. The number of amides is 2. The van der Waals surface area contributed by atoms with Gasteiger partial charge >= 0.3 is 6.03 Å². The highest BCUT2D eigenvalue weighted by Gasteiger charge is 2.28. The van der Waals surface area contributed by atoms with Crippen molar-refractivity contribution in [1.82, 2.24) is 9.80 Å². The van der Waals surface area contributed by atoms with Gasteiger partial charge in [-0.25, -0.2) is 4.79 Å². The summed E-state index contributed by atoms with van der Waals surface area (Å²) in [6, 6.07) is 0.130. The van der Waals surface area contributed by atoms with Gasteiger partial charge in [-0.1, -0.05) is 6.92 Å². The molecule has 0 aliphatic carbocycles. The lowest BCUT2D eigenvalue weighted by Crippen LogP contribution is -2.51. The maximum Gasteiger partial charge on any atom is 0.320 e. The molecular formula is C12H22N2O2. The smallest absolute Gasteiger partial charge is 0.320 e. The molecule has 0 radical (unpaired) electrons. The second-order valence-corrected chi connectivity index (χ2v) is 5.22. The first-order valence-electron chi connectivity index (χ1n) is 6.38. The SMILES string of the molecule is CC1CCCN(C(=O)N2CCC[C@H](O)C2)C1. The molecule has 2 aliphatic heterocycles. The van der Waals surface area contributed by atoms with E-state index in [1.165, 1.54) is 6.42 Å². The largest absolute Gasteiger partial charge is 0.391 e. The number of carbonyl (C=O) groups is 1. The minimum Gasteiger partial charge on any atom is -0.391 e. The Kier molecular flexibility index (Phi) is 3.69. The Morgan fingerprint density at radius 1 is 1.12 bits per heavy atom. The van der Waals surface area contributed by atoms with Crippen molar-refractivity contribution in [3.63, 3.8) is 0 Å². The van der Waals surface area contributed by atoms with Crippen LogP contribution in [0.3, 0.4) is 0 Å². The summed E-state index contributed by atoms with van der Waals surface area (Å²) in [5.74, 6) is 0.618. The summed E-state index contributed by atoms with van der Waals surface area (Å²) in [5.41, 5.74) is 0. The van der Waals surface area contributed by atoms with Crippen molar-refractivity contribution in [3.05, 3.63) is 0 Å². The molecule has 2 saturated heterocycles. The molecule has 0 bridgehead atoms. The fourth-order valence-corrected chi connectivity index (χ4v) is 2.69. The Hall–Kier alpha value is -0.770. The zero-order chi connectivity index (χ0) is 11.5. The van der Waals surface area contributed by atoms with E-state index < -0.39 is 0 Å². The molecule has 1 N–H and O–H groups in total. The molecule has 92 valence electrons. The number of hydrogen-bond donors (Lipinski definition) is 1. The molecule has 0 aromatic carbocycles. The van der Waals surface area contributed by atoms with E-state index in [2.05, 4.69) is 6.92 Å². The summed E-state index contributed by atoms with van der Waals surface area (Å²) >= 11 is 0. The van der Waals surface area contributed by atoms with Crippen LogP contribution in [0, 0.1) is 5.92 Å². The molecular weight excluding hydrogens is 204 g/mol. The van der Waals surface area contributed by atoms with Crippen molar-refractivity contribution in [2.45, 2.75) is 38.7 Å². The molecule has 4 heteroatoms. The first-order valence-corrected chi connectivity index (χ1v) is 6.38. The van der Waals surface area contributed by atoms with Gasteiger partial charge in [-0.2, -0.15) is 0 Å². The lowest BCUT2D eigenvalue weighted by molar-refractivity contribution is 0.0653. The van der Waals surface area contributed by atoms with E-state index in [1.807, 2.05) is 9.80 Å². The second kappa shape index (κ2) is 5.04. The van der Waals surface area contributed by atoms with E-state index in [4.69, 9.17) is 0 Å². The third-order valence-electron chi connectivity index (χ3n) is 3.59. The second-order valence-electron chi connectivity index (χ2n) is 5.22. The molecule has 0 aromatic rings. The van der Waals surface area contributed by atoms with Gasteiger partial charge in [0.1, 0.15) is 0 Å². The van der Waals surface area contributed by atoms with Crippen molar-refractivity contribution < 1.29 is 9.90 Å². The minimum absolute atomic E-state index is 0.130. The number of nitrogens with zero attached hydrogens (tertiary/aromatic N) is 2. The quantitative estimate of drug-likeness (QED) is 0.676. The van der Waals surface area contributed by atoms with E-state index >= 15 is 0 Å². The Labute approximate surface area is 97.2 Å². The van der Waals surface area contributed by atoms with Crippen LogP contribution in [0.15, 0.2) is 0 Å². The fourth-order valence-electron chi connectivity index (χ4n) is 2.69. The maximum absolute atomic E-state index is 12.2. The average Bonchev–Trinajstić information content (AvgIpc) is 2.28. The highest BCUT2D eigenvalue weighted by atomic mass is 16.3. The van der Waals surface area contributed by atoms with Gasteiger partial charge in [0.05, 0.1) is 6.10 Å². The maximum atomic E-state index is 12.2. The van der Waals surface area contributed by atoms with Crippen LogP contribution in [0.25, 0.3) is 0 Å². The molecule has 0 spiro atoms. The first kappa shape index (κ1) is 11.7. The minimum atomic E-state index is -0.320. The van der Waals surface area contributed by atoms with Gasteiger partial charge in [-0.05, 0) is 31.6 Å². The normalized spacial score (nSPS) is 31.6. The van der Waals surface area contributed by atoms with Crippen LogP contribution in [0.4, 0.5) is 4.79 Å². The van der Waals surface area contributed by atoms with Gasteiger partial charge in [0, 0.05) is 26.2 Å². The van der Waals surface area contributed by atoms with E-state index in [9.17, 15) is 9.90 Å². The summed E-state index contributed by atoms with van der Waals surface area (Å²) in [5, 5.41) is 9.57. The number of β-amino-alcohol motifs (C(OH)–C–C–N with tert-alkyl or cyclic N) is 1. The van der Waals surface area contributed by atoms with Crippen LogP contribution in [0.1, 0.15) is 32.6 Å². The number of urea groups is 1. The Morgan fingerprint density at radius 2 is 1.75 bits per heavy atom. The van der Waals surface area contributed by atoms with E-state index in [1.54, 1.807) is 0 Å². The molecule has 4 nitrogen and oxygen atoms in total. The van der Waals surface area contributed by atoms with E-state index in [-0.39, 0.29) is 12.1 Å². The van der Waals surface area contributed by atoms with Crippen LogP contribution in [0.5, 0.6) is 0 Å². The van der Waals surface area contributed by atoms with Crippen LogP contribution in [-0.4, -0.2) is 53.2 Å². The van der Waals surface area contributed by atoms with Crippen molar-refractivity contribution in [2.75, 3.05) is 26.2 Å². The molecule has 2 aliphatic rings. The van der Waals surface area contributed by atoms with Gasteiger partial charge < -0.3 is 14.9 Å². The zero-order valence-electron chi connectivity index (χ0n) is 10.1. The number of piperidine rings is 2. The summed E-state index contributed by atoms with van der Waals surface area (Å²) in [4.78, 5) is 15.9. The number of aliphatic hydroxyl groups excluding tert-OH is 1. The van der Waals surface area contributed by atoms with Crippen molar-refractivity contribution in [2.24, 2.45) is 5.92 Å². The highest BCUT2D eigenvalue weighted by molar-refractivity contribution is 5.74. The average molecular weight is 226 g/mol. The molecule has 2 atom stereocenters. The first-order chi connectivity index (χ1) is 7.66. The topological polar surface area (TPSA) is 43.8 Å². The van der Waals surface area contributed by atoms with Gasteiger partial charge in [0.15, 0.2) is 0 Å². The van der Waals surface area contributed by atoms with Gasteiger partial charge in [0.2, 0.25) is 0 Å². The molecule has 2 fully saturated rings. The van der Waals surface area contributed by atoms with Gasteiger partial charge in [-0.3, -0.25) is 0 Å². The number of carbonyl (C=O) groups excluding carboxylic acids is 1. The van der Waals surface area contributed by atoms with E-state index in [0.717, 1.165) is 38.9 Å². The standard InChI is InChI=1S/C12H22N2O2/c1-10-4-2-6-13(8-10)12(16)14-7-3-5-11(15)9-14/h10-11,15H,2-9H2,1H3/t10?,11-/m0/s1. The third-order valence-corrected chi connectivity index (χ3v) is 3.59. The molecule has 2 amide bonds. The number of likely N-dealkylation sites (tertiary alicyclic amines) is 2. The van der Waals surface area contributed by atoms with Gasteiger partial charge in [-0.15, -0.1) is 0 Å². The van der Waals surface area contributed by atoms with Crippen LogP contribution < -0.4 is 0 Å². The molecule has 2 heterocycles. The lowest BCUT2D eigenvalue weighted by atomic mass is 10.0. The summed E-state index contributed by atoms with van der Waals surface area (Å²) in [7, 11) is 0. The van der Waals surface area contributed by atoms with Crippen molar-refractivity contribution in [1.29, 1.82) is 0 Å². The summed E-state index contributed by atoms with van der Waals surface area (Å²) < 4.78 is 0. The highest BCUT2D eigenvalue weighted by Crippen LogP contribution is 2.19. The Balaban J connectivity index is 1.90.